The predicted molar refractivity (Wildman–Crippen MR) is 83.2 cm³/mol. The largest absolute Gasteiger partial charge is 0.462 e. The molecule has 0 saturated carbocycles. The number of anilines is 2. The molecule has 2 aromatic rings. The molecule has 0 radical (unpaired) electrons. The van der Waals surface area contributed by atoms with Gasteiger partial charge in [0.2, 0.25) is 0 Å². The number of nitrogen functional groups attached to an aromatic ring is 1. The number of rotatable bonds is 5. The molecule has 106 valence electrons. The van der Waals surface area contributed by atoms with Gasteiger partial charge in [0.25, 0.3) is 0 Å². The number of benzene rings is 1. The van der Waals surface area contributed by atoms with Gasteiger partial charge in [-0.25, -0.2) is 4.79 Å². The SMILES string of the molecule is CCOC(=O)c1cc(NC(C)c2cccs2)ccc1N. The van der Waals surface area contributed by atoms with Crippen LogP contribution >= 0.6 is 11.3 Å². The first-order chi connectivity index (χ1) is 9.61. The third-order valence-corrected chi connectivity index (χ3v) is 3.96. The molecule has 0 saturated heterocycles. The molecule has 1 unspecified atom stereocenters. The lowest BCUT2D eigenvalue weighted by atomic mass is 10.1. The lowest BCUT2D eigenvalue weighted by molar-refractivity contribution is 0.0527. The van der Waals surface area contributed by atoms with E-state index in [-0.39, 0.29) is 6.04 Å². The molecule has 20 heavy (non-hydrogen) atoms. The highest BCUT2D eigenvalue weighted by Gasteiger charge is 2.13. The quantitative estimate of drug-likeness (QED) is 0.651. The van der Waals surface area contributed by atoms with Gasteiger partial charge in [-0.05, 0) is 43.5 Å². The van der Waals surface area contributed by atoms with Crippen molar-refractivity contribution >= 4 is 28.7 Å². The zero-order valence-electron chi connectivity index (χ0n) is 11.6. The molecule has 2 rings (SSSR count). The predicted octanol–water partition coefficient (Wildman–Crippen LogP) is 3.68. The highest BCUT2D eigenvalue weighted by atomic mass is 32.1. The molecule has 0 fully saturated rings. The van der Waals surface area contributed by atoms with Crippen LogP contribution in [0.1, 0.15) is 35.1 Å². The highest BCUT2D eigenvalue weighted by Crippen LogP contribution is 2.25. The summed E-state index contributed by atoms with van der Waals surface area (Å²) < 4.78 is 5.00. The summed E-state index contributed by atoms with van der Waals surface area (Å²) in [6.45, 7) is 4.18. The van der Waals surface area contributed by atoms with Crippen LogP contribution in [0, 0.1) is 0 Å². The zero-order valence-corrected chi connectivity index (χ0v) is 12.4. The molecular formula is C15H18N2O2S. The molecule has 1 aromatic heterocycles. The number of esters is 1. The first-order valence-electron chi connectivity index (χ1n) is 6.48. The van der Waals surface area contributed by atoms with E-state index in [0.717, 1.165) is 5.69 Å². The summed E-state index contributed by atoms with van der Waals surface area (Å²) in [4.78, 5) is 13.0. The molecule has 5 heteroatoms. The molecule has 1 aromatic carbocycles. The second kappa shape index (κ2) is 6.43. The van der Waals surface area contributed by atoms with Crippen LogP contribution in [-0.2, 0) is 4.74 Å². The molecule has 0 aliphatic carbocycles. The minimum Gasteiger partial charge on any atom is -0.462 e. The van der Waals surface area contributed by atoms with Crippen molar-refractivity contribution in [2.75, 3.05) is 17.7 Å². The number of nitrogens with one attached hydrogen (secondary N) is 1. The summed E-state index contributed by atoms with van der Waals surface area (Å²) in [5, 5.41) is 5.40. The van der Waals surface area contributed by atoms with Gasteiger partial charge >= 0.3 is 5.97 Å². The second-order valence-corrected chi connectivity index (χ2v) is 5.38. The minimum atomic E-state index is -0.391. The fraction of sp³-hybridized carbons (Fsp3) is 0.267. The van der Waals surface area contributed by atoms with E-state index in [1.165, 1.54) is 4.88 Å². The Hall–Kier alpha value is -2.01. The average Bonchev–Trinajstić information content (AvgIpc) is 2.95. The molecule has 0 bridgehead atoms. The zero-order chi connectivity index (χ0) is 14.5. The Morgan fingerprint density at radius 2 is 2.25 bits per heavy atom. The Kier molecular flexibility index (Phi) is 4.63. The molecule has 4 nitrogen and oxygen atoms in total. The number of hydrogen-bond acceptors (Lipinski definition) is 5. The summed E-state index contributed by atoms with van der Waals surface area (Å²) in [7, 11) is 0. The van der Waals surface area contributed by atoms with Gasteiger partial charge in [-0.3, -0.25) is 0 Å². The van der Waals surface area contributed by atoms with Gasteiger partial charge in [-0.15, -0.1) is 11.3 Å². The van der Waals surface area contributed by atoms with Gasteiger partial charge in [0.15, 0.2) is 0 Å². The van der Waals surface area contributed by atoms with Crippen LogP contribution in [0.4, 0.5) is 11.4 Å². The topological polar surface area (TPSA) is 64.3 Å². The van der Waals surface area contributed by atoms with Crippen LogP contribution in [0.25, 0.3) is 0 Å². The smallest absolute Gasteiger partial charge is 0.340 e. The molecule has 0 aliphatic heterocycles. The van der Waals surface area contributed by atoms with Gasteiger partial charge in [-0.2, -0.15) is 0 Å². The monoisotopic (exact) mass is 290 g/mol. The van der Waals surface area contributed by atoms with Crippen molar-refractivity contribution in [3.8, 4) is 0 Å². The number of carbonyl (C=O) groups excluding carboxylic acids is 1. The molecule has 0 amide bonds. The third kappa shape index (κ3) is 3.30. The Bertz CT molecular complexity index is 582. The Morgan fingerprint density at radius 3 is 2.90 bits per heavy atom. The fourth-order valence-corrected chi connectivity index (χ4v) is 2.62. The lowest BCUT2D eigenvalue weighted by Gasteiger charge is -2.15. The Labute approximate surface area is 122 Å². The van der Waals surface area contributed by atoms with E-state index in [4.69, 9.17) is 10.5 Å². The van der Waals surface area contributed by atoms with Crippen molar-refractivity contribution in [2.45, 2.75) is 19.9 Å². The van der Waals surface area contributed by atoms with Crippen molar-refractivity contribution in [1.82, 2.24) is 0 Å². The molecular weight excluding hydrogens is 272 g/mol. The first-order valence-corrected chi connectivity index (χ1v) is 7.36. The number of ether oxygens (including phenoxy) is 1. The maximum atomic E-state index is 11.8. The summed E-state index contributed by atoms with van der Waals surface area (Å²) in [6.07, 6.45) is 0. The van der Waals surface area contributed by atoms with Gasteiger partial charge in [-0.1, -0.05) is 6.07 Å². The maximum Gasteiger partial charge on any atom is 0.340 e. The molecule has 0 aliphatic rings. The molecule has 0 spiro atoms. The number of hydrogen-bond donors (Lipinski definition) is 2. The number of thiophene rings is 1. The van der Waals surface area contributed by atoms with Crippen molar-refractivity contribution in [2.24, 2.45) is 0 Å². The Balaban J connectivity index is 2.17. The van der Waals surface area contributed by atoms with Crippen LogP contribution in [0.15, 0.2) is 35.7 Å². The van der Waals surface area contributed by atoms with E-state index in [2.05, 4.69) is 18.3 Å². The van der Waals surface area contributed by atoms with E-state index >= 15 is 0 Å². The van der Waals surface area contributed by atoms with Crippen molar-refractivity contribution in [3.05, 3.63) is 46.2 Å². The average molecular weight is 290 g/mol. The van der Waals surface area contributed by atoms with Gasteiger partial charge in [0.1, 0.15) is 0 Å². The van der Waals surface area contributed by atoms with Gasteiger partial charge in [0.05, 0.1) is 18.2 Å². The van der Waals surface area contributed by atoms with Crippen LogP contribution < -0.4 is 11.1 Å². The van der Waals surface area contributed by atoms with E-state index < -0.39 is 5.97 Å². The first kappa shape index (κ1) is 14.4. The Morgan fingerprint density at radius 1 is 1.45 bits per heavy atom. The van der Waals surface area contributed by atoms with Crippen LogP contribution in [0.2, 0.25) is 0 Å². The summed E-state index contributed by atoms with van der Waals surface area (Å²) in [5.74, 6) is -0.391. The molecule has 3 N–H and O–H groups in total. The van der Waals surface area contributed by atoms with Gasteiger partial charge in [0, 0.05) is 16.3 Å². The van der Waals surface area contributed by atoms with Gasteiger partial charge < -0.3 is 15.8 Å². The van der Waals surface area contributed by atoms with Crippen molar-refractivity contribution in [3.63, 3.8) is 0 Å². The van der Waals surface area contributed by atoms with Crippen molar-refractivity contribution < 1.29 is 9.53 Å². The standard InChI is InChI=1S/C15H18N2O2S/c1-3-19-15(18)12-9-11(6-7-13(12)16)17-10(2)14-5-4-8-20-14/h4-10,17H,3,16H2,1-2H3. The lowest BCUT2D eigenvalue weighted by Crippen LogP contribution is -2.10. The third-order valence-electron chi connectivity index (χ3n) is 2.90. The molecule has 1 atom stereocenters. The van der Waals surface area contributed by atoms with E-state index in [1.807, 2.05) is 17.5 Å². The van der Waals surface area contributed by atoms with Crippen molar-refractivity contribution in [1.29, 1.82) is 0 Å². The minimum absolute atomic E-state index is 0.175. The van der Waals surface area contributed by atoms with Crippen LogP contribution in [0.5, 0.6) is 0 Å². The van der Waals surface area contributed by atoms with Crippen LogP contribution in [0.3, 0.4) is 0 Å². The summed E-state index contributed by atoms with van der Waals surface area (Å²) in [6, 6.07) is 9.58. The summed E-state index contributed by atoms with van der Waals surface area (Å²) >= 11 is 1.69. The summed E-state index contributed by atoms with van der Waals surface area (Å²) in [5.41, 5.74) is 7.50. The fourth-order valence-electron chi connectivity index (χ4n) is 1.89. The highest BCUT2D eigenvalue weighted by molar-refractivity contribution is 7.10. The van der Waals surface area contributed by atoms with Crippen LogP contribution in [-0.4, -0.2) is 12.6 Å². The van der Waals surface area contributed by atoms with E-state index in [9.17, 15) is 4.79 Å². The normalized spacial score (nSPS) is 11.9. The maximum absolute atomic E-state index is 11.8. The second-order valence-electron chi connectivity index (χ2n) is 4.40. The van der Waals surface area contributed by atoms with E-state index in [1.54, 1.807) is 30.4 Å². The van der Waals surface area contributed by atoms with E-state index in [0.29, 0.717) is 17.9 Å². The molecule has 1 heterocycles. The number of carbonyl (C=O) groups is 1. The number of nitrogens with two attached hydrogens (primary N) is 1.